The molecule has 140 valence electrons. The van der Waals surface area contributed by atoms with Crippen LogP contribution >= 0.6 is 0 Å². The summed E-state index contributed by atoms with van der Waals surface area (Å²) < 4.78 is 5.31. The largest absolute Gasteiger partial charge is 0.508 e. The first kappa shape index (κ1) is 17.7. The number of carbonyl (C=O) groups is 1. The highest BCUT2D eigenvalue weighted by atomic mass is 16.4. The number of nitrogens with zero attached hydrogens (tertiary/aromatic N) is 1. The van der Waals surface area contributed by atoms with Crippen molar-refractivity contribution in [3.05, 3.63) is 76.3 Å². The summed E-state index contributed by atoms with van der Waals surface area (Å²) in [6, 6.07) is 13.9. The van der Waals surface area contributed by atoms with E-state index in [9.17, 15) is 14.7 Å². The maximum atomic E-state index is 12.5. The molecule has 2 N–H and O–H groups in total. The second-order valence-electron chi connectivity index (χ2n) is 6.60. The lowest BCUT2D eigenvalue weighted by atomic mass is 10.0. The Morgan fingerprint density at radius 3 is 2.86 bits per heavy atom. The van der Waals surface area contributed by atoms with E-state index in [2.05, 4.69) is 10.3 Å². The van der Waals surface area contributed by atoms with Crippen LogP contribution in [0.3, 0.4) is 0 Å². The summed E-state index contributed by atoms with van der Waals surface area (Å²) in [6.45, 7) is 1.82. The molecule has 1 amide bonds. The Morgan fingerprint density at radius 2 is 2.00 bits per heavy atom. The van der Waals surface area contributed by atoms with E-state index in [1.807, 2.05) is 37.3 Å². The molecule has 2 aromatic heterocycles. The zero-order chi connectivity index (χ0) is 19.7. The number of aromatic hydroxyl groups is 1. The molecule has 0 spiro atoms. The van der Waals surface area contributed by atoms with Gasteiger partial charge in [-0.25, -0.2) is 4.79 Å². The van der Waals surface area contributed by atoms with Crippen LogP contribution in [0.1, 0.15) is 17.5 Å². The van der Waals surface area contributed by atoms with E-state index in [1.54, 1.807) is 18.3 Å². The van der Waals surface area contributed by atoms with Gasteiger partial charge in [-0.3, -0.25) is 9.78 Å². The third-order valence-electron chi connectivity index (χ3n) is 4.79. The number of phenols is 1. The Morgan fingerprint density at radius 1 is 1.14 bits per heavy atom. The summed E-state index contributed by atoms with van der Waals surface area (Å²) >= 11 is 0. The number of hydrogen-bond acceptors (Lipinski definition) is 5. The number of anilines is 1. The number of benzene rings is 2. The Kier molecular flexibility index (Phi) is 4.53. The molecule has 0 unspecified atom stereocenters. The summed E-state index contributed by atoms with van der Waals surface area (Å²) in [5.74, 6) is -0.160. The van der Waals surface area contributed by atoms with Crippen LogP contribution in [0.4, 0.5) is 5.69 Å². The number of aromatic nitrogens is 1. The molecule has 6 heteroatoms. The van der Waals surface area contributed by atoms with E-state index in [-0.39, 0.29) is 24.5 Å². The number of amides is 1. The van der Waals surface area contributed by atoms with Crippen molar-refractivity contribution in [1.29, 1.82) is 0 Å². The molecule has 4 rings (SSSR count). The lowest BCUT2D eigenvalue weighted by molar-refractivity contribution is -0.116. The molecule has 2 heterocycles. The first-order chi connectivity index (χ1) is 13.5. The molecular weight excluding hydrogens is 356 g/mol. The monoisotopic (exact) mass is 374 g/mol. The van der Waals surface area contributed by atoms with Crippen LogP contribution in [-0.4, -0.2) is 16.0 Å². The molecule has 0 saturated heterocycles. The number of hydrogen-bond donors (Lipinski definition) is 2. The summed E-state index contributed by atoms with van der Waals surface area (Å²) in [5.41, 5.74) is 2.56. The van der Waals surface area contributed by atoms with Crippen molar-refractivity contribution >= 4 is 33.5 Å². The van der Waals surface area contributed by atoms with Crippen molar-refractivity contribution in [2.45, 2.75) is 19.8 Å². The molecular formula is C22H18N2O4. The van der Waals surface area contributed by atoms with Crippen LogP contribution in [-0.2, 0) is 11.2 Å². The normalized spacial score (nSPS) is 11.0. The van der Waals surface area contributed by atoms with Crippen LogP contribution in [0, 0.1) is 6.92 Å². The first-order valence-corrected chi connectivity index (χ1v) is 8.92. The third kappa shape index (κ3) is 3.32. The summed E-state index contributed by atoms with van der Waals surface area (Å²) in [5, 5.41) is 14.1. The molecule has 0 aliphatic carbocycles. The SMILES string of the molecule is Cc1c(CCC(=O)Nc2cccc3ncccc23)c(=O)oc2cc(O)ccc12. The van der Waals surface area contributed by atoms with E-state index in [0.717, 1.165) is 21.9 Å². The fourth-order valence-electron chi connectivity index (χ4n) is 3.34. The predicted molar refractivity (Wildman–Crippen MR) is 108 cm³/mol. The average molecular weight is 374 g/mol. The quantitative estimate of drug-likeness (QED) is 0.528. The zero-order valence-corrected chi connectivity index (χ0v) is 15.2. The van der Waals surface area contributed by atoms with Gasteiger partial charge in [-0.05, 0) is 55.3 Å². The Hall–Kier alpha value is -3.67. The minimum Gasteiger partial charge on any atom is -0.508 e. The zero-order valence-electron chi connectivity index (χ0n) is 15.2. The Labute approximate surface area is 160 Å². The van der Waals surface area contributed by atoms with E-state index in [0.29, 0.717) is 16.8 Å². The molecule has 0 aliphatic rings. The van der Waals surface area contributed by atoms with Gasteiger partial charge in [-0.2, -0.15) is 0 Å². The fraction of sp³-hybridized carbons (Fsp3) is 0.136. The summed E-state index contributed by atoms with van der Waals surface area (Å²) in [4.78, 5) is 29.1. The van der Waals surface area contributed by atoms with Gasteiger partial charge in [0.2, 0.25) is 5.91 Å². The molecule has 0 radical (unpaired) electrons. The number of aryl methyl sites for hydroxylation is 1. The minimum atomic E-state index is -0.488. The van der Waals surface area contributed by atoms with Crippen molar-refractivity contribution in [1.82, 2.24) is 4.98 Å². The lowest BCUT2D eigenvalue weighted by Crippen LogP contribution is -2.16. The van der Waals surface area contributed by atoms with Crippen molar-refractivity contribution in [3.63, 3.8) is 0 Å². The van der Waals surface area contributed by atoms with E-state index in [4.69, 9.17) is 4.42 Å². The Bertz CT molecular complexity index is 1260. The van der Waals surface area contributed by atoms with Crippen molar-refractivity contribution < 1.29 is 14.3 Å². The first-order valence-electron chi connectivity index (χ1n) is 8.92. The van der Waals surface area contributed by atoms with Gasteiger partial charge in [0.1, 0.15) is 11.3 Å². The number of pyridine rings is 1. The number of phenolic OH excluding ortho intramolecular Hbond substituents is 1. The van der Waals surface area contributed by atoms with Gasteiger partial charge in [0, 0.05) is 35.0 Å². The van der Waals surface area contributed by atoms with Gasteiger partial charge < -0.3 is 14.8 Å². The van der Waals surface area contributed by atoms with Crippen molar-refractivity contribution in [3.8, 4) is 5.75 Å². The predicted octanol–water partition coefficient (Wildman–Crippen LogP) is 3.93. The average Bonchev–Trinajstić information content (AvgIpc) is 2.68. The highest BCUT2D eigenvalue weighted by Crippen LogP contribution is 2.24. The van der Waals surface area contributed by atoms with Gasteiger partial charge in [0.05, 0.1) is 11.2 Å². The molecule has 4 aromatic rings. The van der Waals surface area contributed by atoms with Crippen molar-refractivity contribution in [2.24, 2.45) is 0 Å². The molecule has 0 atom stereocenters. The molecule has 0 bridgehead atoms. The Balaban J connectivity index is 1.55. The van der Waals surface area contributed by atoms with Crippen LogP contribution in [0.25, 0.3) is 21.9 Å². The second kappa shape index (κ2) is 7.15. The highest BCUT2D eigenvalue weighted by molar-refractivity contribution is 6.01. The van der Waals surface area contributed by atoms with Crippen LogP contribution < -0.4 is 10.9 Å². The van der Waals surface area contributed by atoms with Gasteiger partial charge in [0.15, 0.2) is 0 Å². The fourth-order valence-corrected chi connectivity index (χ4v) is 3.34. The number of carbonyl (C=O) groups excluding carboxylic acids is 1. The molecule has 6 nitrogen and oxygen atoms in total. The molecule has 0 saturated carbocycles. The van der Waals surface area contributed by atoms with E-state index >= 15 is 0 Å². The minimum absolute atomic E-state index is 0.0340. The number of rotatable bonds is 4. The topological polar surface area (TPSA) is 92.4 Å². The maximum Gasteiger partial charge on any atom is 0.339 e. The van der Waals surface area contributed by atoms with Gasteiger partial charge in [0.25, 0.3) is 0 Å². The lowest BCUT2D eigenvalue weighted by Gasteiger charge is -2.10. The third-order valence-corrected chi connectivity index (χ3v) is 4.79. The van der Waals surface area contributed by atoms with E-state index < -0.39 is 5.63 Å². The van der Waals surface area contributed by atoms with Crippen LogP contribution in [0.15, 0.2) is 63.9 Å². The van der Waals surface area contributed by atoms with Gasteiger partial charge >= 0.3 is 5.63 Å². The maximum absolute atomic E-state index is 12.5. The summed E-state index contributed by atoms with van der Waals surface area (Å²) in [6.07, 6.45) is 2.11. The smallest absolute Gasteiger partial charge is 0.339 e. The standard InChI is InChI=1S/C22H18N2O4/c1-13-15-8-7-14(25)12-20(15)28-22(27)16(13)9-10-21(26)24-19-6-2-5-18-17(19)4-3-11-23-18/h2-8,11-12,25H,9-10H2,1H3,(H,24,26). The highest BCUT2D eigenvalue weighted by Gasteiger charge is 2.14. The van der Waals surface area contributed by atoms with Crippen LogP contribution in [0.2, 0.25) is 0 Å². The molecule has 2 aromatic carbocycles. The molecule has 28 heavy (non-hydrogen) atoms. The van der Waals surface area contributed by atoms with Crippen LogP contribution in [0.5, 0.6) is 5.75 Å². The van der Waals surface area contributed by atoms with E-state index in [1.165, 1.54) is 6.07 Å². The number of nitrogens with one attached hydrogen (secondary N) is 1. The summed E-state index contributed by atoms with van der Waals surface area (Å²) in [7, 11) is 0. The van der Waals surface area contributed by atoms with Gasteiger partial charge in [-0.1, -0.05) is 6.07 Å². The molecule has 0 aliphatic heterocycles. The van der Waals surface area contributed by atoms with Crippen molar-refractivity contribution in [2.75, 3.05) is 5.32 Å². The molecule has 0 fully saturated rings. The second-order valence-corrected chi connectivity index (χ2v) is 6.60. The number of fused-ring (bicyclic) bond motifs is 2. The van der Waals surface area contributed by atoms with Gasteiger partial charge in [-0.15, -0.1) is 0 Å².